The summed E-state index contributed by atoms with van der Waals surface area (Å²) in [5.74, 6) is -2.06. The van der Waals surface area contributed by atoms with E-state index in [2.05, 4.69) is 19.2 Å². The molecule has 0 amide bonds. The zero-order valence-corrected chi connectivity index (χ0v) is 10.4. The van der Waals surface area contributed by atoms with Gasteiger partial charge in [0.15, 0.2) is 11.6 Å². The van der Waals surface area contributed by atoms with Gasteiger partial charge in [-0.3, -0.25) is 0 Å². The average molecular weight is 245 g/mol. The van der Waals surface area contributed by atoms with E-state index in [4.69, 9.17) is 0 Å². The van der Waals surface area contributed by atoms with E-state index >= 15 is 0 Å². The minimum absolute atomic E-state index is 0.0134. The first-order chi connectivity index (χ1) is 7.90. The fourth-order valence-corrected chi connectivity index (χ4v) is 1.83. The Labute approximate surface area is 100 Å². The van der Waals surface area contributed by atoms with Gasteiger partial charge in [0.1, 0.15) is 5.82 Å². The lowest BCUT2D eigenvalue weighted by molar-refractivity contribution is 0.453. The van der Waals surface area contributed by atoms with Crippen molar-refractivity contribution in [2.45, 2.75) is 27.2 Å². The maximum absolute atomic E-state index is 13.3. The summed E-state index contributed by atoms with van der Waals surface area (Å²) >= 11 is 0. The summed E-state index contributed by atoms with van der Waals surface area (Å²) < 4.78 is 38.9. The molecule has 0 saturated heterocycles. The van der Waals surface area contributed by atoms with Crippen molar-refractivity contribution in [2.24, 2.45) is 11.8 Å². The van der Waals surface area contributed by atoms with Crippen LogP contribution in [-0.2, 0) is 0 Å². The van der Waals surface area contributed by atoms with Crippen molar-refractivity contribution in [3.05, 3.63) is 29.6 Å². The molecule has 1 aromatic rings. The zero-order chi connectivity index (χ0) is 13.0. The Balaban J connectivity index is 2.60. The molecule has 1 atom stereocenters. The third-order valence-electron chi connectivity index (χ3n) is 2.52. The quantitative estimate of drug-likeness (QED) is 0.767. The maximum Gasteiger partial charge on any atom is 0.161 e. The van der Waals surface area contributed by atoms with Crippen LogP contribution in [0.5, 0.6) is 0 Å². The minimum atomic E-state index is -1.16. The van der Waals surface area contributed by atoms with Gasteiger partial charge >= 0.3 is 0 Å². The van der Waals surface area contributed by atoms with Gasteiger partial charge in [-0.2, -0.15) is 0 Å². The Kier molecular flexibility index (Phi) is 4.85. The van der Waals surface area contributed by atoms with Crippen molar-refractivity contribution in [1.29, 1.82) is 0 Å². The Morgan fingerprint density at radius 2 is 1.59 bits per heavy atom. The maximum atomic E-state index is 13.3. The molecule has 1 aromatic carbocycles. The third kappa shape index (κ3) is 4.29. The highest BCUT2D eigenvalue weighted by Gasteiger charge is 2.11. The lowest BCUT2D eigenvalue weighted by Gasteiger charge is -2.16. The fourth-order valence-electron chi connectivity index (χ4n) is 1.83. The molecule has 0 heterocycles. The summed E-state index contributed by atoms with van der Waals surface area (Å²) in [6, 6.07) is 1.41. The summed E-state index contributed by atoms with van der Waals surface area (Å²) in [5.41, 5.74) is 0.0134. The van der Waals surface area contributed by atoms with Crippen LogP contribution in [0.4, 0.5) is 18.9 Å². The predicted molar refractivity (Wildman–Crippen MR) is 63.4 cm³/mol. The van der Waals surface area contributed by atoms with Crippen molar-refractivity contribution in [3.8, 4) is 0 Å². The van der Waals surface area contributed by atoms with Crippen LogP contribution < -0.4 is 5.32 Å². The van der Waals surface area contributed by atoms with Crippen molar-refractivity contribution < 1.29 is 13.2 Å². The molecule has 4 heteroatoms. The van der Waals surface area contributed by atoms with Crippen LogP contribution in [0.2, 0.25) is 0 Å². The van der Waals surface area contributed by atoms with Gasteiger partial charge in [-0.15, -0.1) is 0 Å². The molecule has 0 fully saturated rings. The molecule has 96 valence electrons. The second-order valence-corrected chi connectivity index (χ2v) is 4.86. The van der Waals surface area contributed by atoms with Crippen LogP contribution in [0.1, 0.15) is 27.2 Å². The van der Waals surface area contributed by atoms with Gasteiger partial charge < -0.3 is 5.32 Å². The van der Waals surface area contributed by atoms with Gasteiger partial charge in [-0.25, -0.2) is 13.2 Å². The Morgan fingerprint density at radius 1 is 1.00 bits per heavy atom. The van der Waals surface area contributed by atoms with Gasteiger partial charge in [0.05, 0.1) is 5.69 Å². The van der Waals surface area contributed by atoms with E-state index in [0.717, 1.165) is 12.5 Å². The monoisotopic (exact) mass is 245 g/mol. The van der Waals surface area contributed by atoms with Gasteiger partial charge in [-0.1, -0.05) is 20.8 Å². The molecule has 1 rings (SSSR count). The van der Waals surface area contributed by atoms with Gasteiger partial charge in [0.25, 0.3) is 0 Å². The van der Waals surface area contributed by atoms with E-state index < -0.39 is 17.5 Å². The van der Waals surface area contributed by atoms with E-state index in [1.54, 1.807) is 0 Å². The topological polar surface area (TPSA) is 12.0 Å². The smallest absolute Gasteiger partial charge is 0.161 e. The van der Waals surface area contributed by atoms with Crippen molar-refractivity contribution in [2.75, 3.05) is 11.9 Å². The SMILES string of the molecule is CC(C)CC(C)CNc1cc(F)c(F)cc1F. The van der Waals surface area contributed by atoms with Gasteiger partial charge in [0.2, 0.25) is 0 Å². The average Bonchev–Trinajstić information content (AvgIpc) is 2.20. The molecule has 0 radical (unpaired) electrons. The predicted octanol–water partition coefficient (Wildman–Crippen LogP) is 4.20. The number of halogens is 3. The zero-order valence-electron chi connectivity index (χ0n) is 10.4. The van der Waals surface area contributed by atoms with Crippen molar-refractivity contribution in [3.63, 3.8) is 0 Å². The third-order valence-corrected chi connectivity index (χ3v) is 2.52. The lowest BCUT2D eigenvalue weighted by atomic mass is 9.99. The van der Waals surface area contributed by atoms with Crippen LogP contribution in [0, 0.1) is 29.3 Å². The van der Waals surface area contributed by atoms with E-state index in [1.807, 2.05) is 6.92 Å². The molecule has 0 aliphatic carbocycles. The highest BCUT2D eigenvalue weighted by atomic mass is 19.2. The minimum Gasteiger partial charge on any atom is -0.382 e. The Bertz CT molecular complexity index is 377. The van der Waals surface area contributed by atoms with E-state index in [0.29, 0.717) is 24.4 Å². The first-order valence-electron chi connectivity index (χ1n) is 5.78. The van der Waals surface area contributed by atoms with Crippen molar-refractivity contribution >= 4 is 5.69 Å². The summed E-state index contributed by atoms with van der Waals surface area (Å²) in [5, 5.41) is 2.80. The molecule has 0 spiro atoms. The lowest BCUT2D eigenvalue weighted by Crippen LogP contribution is -2.14. The molecule has 17 heavy (non-hydrogen) atoms. The number of hydrogen-bond donors (Lipinski definition) is 1. The van der Waals surface area contributed by atoms with E-state index in [-0.39, 0.29) is 5.69 Å². The van der Waals surface area contributed by atoms with Gasteiger partial charge in [-0.05, 0) is 18.3 Å². The molecule has 1 unspecified atom stereocenters. The van der Waals surface area contributed by atoms with Crippen LogP contribution in [-0.4, -0.2) is 6.54 Å². The highest BCUT2D eigenvalue weighted by Crippen LogP contribution is 2.19. The fraction of sp³-hybridized carbons (Fsp3) is 0.538. The standard InChI is InChI=1S/C13H18F3N/c1-8(2)4-9(3)7-17-13-6-11(15)10(14)5-12(13)16/h5-6,8-9,17H,4,7H2,1-3H3. The normalized spacial score (nSPS) is 12.9. The Morgan fingerprint density at radius 3 is 2.18 bits per heavy atom. The molecule has 0 bridgehead atoms. The summed E-state index contributed by atoms with van der Waals surface area (Å²) in [7, 11) is 0. The first-order valence-corrected chi connectivity index (χ1v) is 5.78. The van der Waals surface area contributed by atoms with E-state index in [9.17, 15) is 13.2 Å². The molecule has 1 nitrogen and oxygen atoms in total. The van der Waals surface area contributed by atoms with Crippen LogP contribution in [0.15, 0.2) is 12.1 Å². The van der Waals surface area contributed by atoms with Crippen LogP contribution in [0.3, 0.4) is 0 Å². The number of rotatable bonds is 5. The highest BCUT2D eigenvalue weighted by molar-refractivity contribution is 5.45. The molecule has 0 aromatic heterocycles. The molecule has 0 aliphatic rings. The molecule has 0 aliphatic heterocycles. The summed E-state index contributed by atoms with van der Waals surface area (Å²) in [6.07, 6.45) is 0.998. The van der Waals surface area contributed by atoms with Crippen LogP contribution in [0.25, 0.3) is 0 Å². The van der Waals surface area contributed by atoms with Gasteiger partial charge in [0, 0.05) is 18.7 Å². The molecular weight excluding hydrogens is 227 g/mol. The second kappa shape index (κ2) is 5.94. The molecule has 1 N–H and O–H groups in total. The van der Waals surface area contributed by atoms with Crippen LogP contribution >= 0.6 is 0 Å². The number of benzene rings is 1. The molecular formula is C13H18F3N. The first kappa shape index (κ1) is 13.9. The number of hydrogen-bond acceptors (Lipinski definition) is 1. The second-order valence-electron chi connectivity index (χ2n) is 4.86. The Hall–Kier alpha value is -1.19. The van der Waals surface area contributed by atoms with Crippen molar-refractivity contribution in [1.82, 2.24) is 0 Å². The number of anilines is 1. The number of nitrogens with one attached hydrogen (secondary N) is 1. The molecule has 0 saturated carbocycles. The summed E-state index contributed by atoms with van der Waals surface area (Å²) in [6.45, 7) is 6.79. The largest absolute Gasteiger partial charge is 0.382 e. The summed E-state index contributed by atoms with van der Waals surface area (Å²) in [4.78, 5) is 0. The van der Waals surface area contributed by atoms with E-state index in [1.165, 1.54) is 0 Å².